The summed E-state index contributed by atoms with van der Waals surface area (Å²) in [4.78, 5) is 13.7. The lowest BCUT2D eigenvalue weighted by Gasteiger charge is -2.22. The van der Waals surface area contributed by atoms with E-state index in [2.05, 4.69) is 28.1 Å². The number of hydrogen-bond acceptors (Lipinski definition) is 3. The molecule has 1 atom stereocenters. The van der Waals surface area contributed by atoms with Gasteiger partial charge in [-0.1, -0.05) is 24.3 Å². The van der Waals surface area contributed by atoms with Crippen molar-refractivity contribution in [3.8, 4) is 10.4 Å². The number of nitrogens with one attached hydrogen (secondary N) is 2. The topological polar surface area (TPSA) is 41.1 Å². The van der Waals surface area contributed by atoms with Gasteiger partial charge in [0.25, 0.3) is 0 Å². The van der Waals surface area contributed by atoms with Crippen LogP contribution in [0, 0.1) is 5.41 Å². The van der Waals surface area contributed by atoms with Crippen molar-refractivity contribution >= 4 is 22.9 Å². The molecule has 1 fully saturated rings. The molecule has 0 bridgehead atoms. The van der Waals surface area contributed by atoms with Gasteiger partial charge in [0.1, 0.15) is 0 Å². The smallest absolute Gasteiger partial charge is 0.231 e. The van der Waals surface area contributed by atoms with Crippen molar-refractivity contribution in [1.82, 2.24) is 5.32 Å². The Kier molecular flexibility index (Phi) is 3.59. The van der Waals surface area contributed by atoms with Gasteiger partial charge in [-0.05, 0) is 37.4 Å². The molecule has 3 nitrogen and oxygen atoms in total. The molecule has 3 rings (SSSR count). The first-order valence-electron chi connectivity index (χ1n) is 6.84. The first-order valence-corrected chi connectivity index (χ1v) is 7.72. The molecular formula is C16H18N2OS. The van der Waals surface area contributed by atoms with E-state index in [-0.39, 0.29) is 11.3 Å². The summed E-state index contributed by atoms with van der Waals surface area (Å²) in [7, 11) is 0. The number of thiophene rings is 1. The fourth-order valence-electron chi connectivity index (χ4n) is 2.52. The van der Waals surface area contributed by atoms with Gasteiger partial charge in [0.15, 0.2) is 0 Å². The standard InChI is InChI=1S/C16H18N2OS/c1-16(8-9-17-11-16)15(19)18-13-6-3-2-5-12(13)14-7-4-10-20-14/h2-7,10,17H,8-9,11H2,1H3,(H,18,19). The maximum absolute atomic E-state index is 12.5. The Labute approximate surface area is 123 Å². The Morgan fingerprint density at radius 3 is 2.85 bits per heavy atom. The summed E-state index contributed by atoms with van der Waals surface area (Å²) < 4.78 is 0. The minimum atomic E-state index is -0.303. The lowest BCUT2D eigenvalue weighted by molar-refractivity contribution is -0.123. The van der Waals surface area contributed by atoms with Crippen molar-refractivity contribution in [2.45, 2.75) is 13.3 Å². The molecule has 0 spiro atoms. The van der Waals surface area contributed by atoms with Crippen LogP contribution in [0.25, 0.3) is 10.4 Å². The molecule has 1 aromatic heterocycles. The fraction of sp³-hybridized carbons (Fsp3) is 0.312. The van der Waals surface area contributed by atoms with E-state index < -0.39 is 0 Å². The molecule has 1 amide bonds. The monoisotopic (exact) mass is 286 g/mol. The Morgan fingerprint density at radius 2 is 2.15 bits per heavy atom. The van der Waals surface area contributed by atoms with Gasteiger partial charge in [-0.2, -0.15) is 0 Å². The van der Waals surface area contributed by atoms with Gasteiger partial charge in [-0.3, -0.25) is 4.79 Å². The third-order valence-corrected chi connectivity index (χ3v) is 4.78. The van der Waals surface area contributed by atoms with E-state index in [1.807, 2.05) is 31.2 Å². The zero-order valence-corrected chi connectivity index (χ0v) is 12.3. The summed E-state index contributed by atoms with van der Waals surface area (Å²) in [6, 6.07) is 12.1. The Bertz CT molecular complexity index is 601. The van der Waals surface area contributed by atoms with Crippen LogP contribution < -0.4 is 10.6 Å². The Morgan fingerprint density at radius 1 is 1.30 bits per heavy atom. The van der Waals surface area contributed by atoms with Gasteiger partial charge < -0.3 is 10.6 Å². The highest BCUT2D eigenvalue weighted by molar-refractivity contribution is 7.13. The lowest BCUT2D eigenvalue weighted by Crippen LogP contribution is -2.35. The summed E-state index contributed by atoms with van der Waals surface area (Å²) in [6.07, 6.45) is 0.889. The average molecular weight is 286 g/mol. The third kappa shape index (κ3) is 2.49. The minimum absolute atomic E-state index is 0.103. The highest BCUT2D eigenvalue weighted by Crippen LogP contribution is 2.33. The van der Waals surface area contributed by atoms with Crippen LogP contribution in [0.15, 0.2) is 41.8 Å². The molecule has 0 saturated carbocycles. The van der Waals surface area contributed by atoms with E-state index in [1.165, 1.54) is 4.88 Å². The van der Waals surface area contributed by atoms with Crippen molar-refractivity contribution in [1.29, 1.82) is 0 Å². The number of para-hydroxylation sites is 1. The van der Waals surface area contributed by atoms with Gasteiger partial charge in [-0.25, -0.2) is 0 Å². The summed E-state index contributed by atoms with van der Waals surface area (Å²) in [6.45, 7) is 3.69. The van der Waals surface area contributed by atoms with Crippen molar-refractivity contribution in [2.75, 3.05) is 18.4 Å². The molecule has 1 unspecified atom stereocenters. The van der Waals surface area contributed by atoms with Crippen molar-refractivity contribution in [3.63, 3.8) is 0 Å². The number of hydrogen-bond donors (Lipinski definition) is 2. The van der Waals surface area contributed by atoms with Crippen LogP contribution in [-0.2, 0) is 4.79 Å². The molecule has 20 heavy (non-hydrogen) atoms. The molecule has 4 heteroatoms. The van der Waals surface area contributed by atoms with Crippen LogP contribution in [-0.4, -0.2) is 19.0 Å². The van der Waals surface area contributed by atoms with Crippen LogP contribution in [0.5, 0.6) is 0 Å². The predicted octanol–water partition coefficient (Wildman–Crippen LogP) is 3.35. The average Bonchev–Trinajstić information content (AvgIpc) is 3.11. The third-order valence-electron chi connectivity index (χ3n) is 3.88. The molecular weight excluding hydrogens is 268 g/mol. The summed E-state index contributed by atoms with van der Waals surface area (Å²) in [5.74, 6) is 0.103. The number of carbonyl (C=O) groups is 1. The molecule has 1 saturated heterocycles. The highest BCUT2D eigenvalue weighted by atomic mass is 32.1. The zero-order chi connectivity index (χ0) is 14.0. The summed E-state index contributed by atoms with van der Waals surface area (Å²) in [5.41, 5.74) is 1.68. The van der Waals surface area contributed by atoms with Crippen molar-refractivity contribution in [2.24, 2.45) is 5.41 Å². The Balaban J connectivity index is 1.86. The second-order valence-electron chi connectivity index (χ2n) is 5.46. The molecule has 2 N–H and O–H groups in total. The van der Waals surface area contributed by atoms with E-state index >= 15 is 0 Å². The highest BCUT2D eigenvalue weighted by Gasteiger charge is 2.36. The van der Waals surface area contributed by atoms with Crippen LogP contribution in [0.2, 0.25) is 0 Å². The van der Waals surface area contributed by atoms with E-state index in [0.717, 1.165) is 30.8 Å². The first kappa shape index (κ1) is 13.3. The zero-order valence-electron chi connectivity index (χ0n) is 11.5. The fourth-order valence-corrected chi connectivity index (χ4v) is 3.29. The van der Waals surface area contributed by atoms with Crippen LogP contribution in [0.3, 0.4) is 0 Å². The van der Waals surface area contributed by atoms with Crippen LogP contribution in [0.1, 0.15) is 13.3 Å². The van der Waals surface area contributed by atoms with Crippen molar-refractivity contribution < 1.29 is 4.79 Å². The van der Waals surface area contributed by atoms with E-state index in [4.69, 9.17) is 0 Å². The van der Waals surface area contributed by atoms with Gasteiger partial charge in [0.05, 0.1) is 5.41 Å². The SMILES string of the molecule is CC1(C(=O)Nc2ccccc2-c2cccs2)CCNC1. The molecule has 0 radical (unpaired) electrons. The molecule has 0 aliphatic carbocycles. The summed E-state index contributed by atoms with van der Waals surface area (Å²) >= 11 is 1.68. The number of carbonyl (C=O) groups excluding carboxylic acids is 1. The molecule has 1 aliphatic heterocycles. The molecule has 104 valence electrons. The first-order chi connectivity index (χ1) is 9.69. The lowest BCUT2D eigenvalue weighted by atomic mass is 9.88. The van der Waals surface area contributed by atoms with E-state index in [9.17, 15) is 4.79 Å². The number of benzene rings is 1. The maximum Gasteiger partial charge on any atom is 0.231 e. The second-order valence-corrected chi connectivity index (χ2v) is 6.41. The largest absolute Gasteiger partial charge is 0.325 e. The Hall–Kier alpha value is -1.65. The van der Waals surface area contributed by atoms with Crippen molar-refractivity contribution in [3.05, 3.63) is 41.8 Å². The van der Waals surface area contributed by atoms with Gasteiger partial charge >= 0.3 is 0 Å². The van der Waals surface area contributed by atoms with E-state index in [1.54, 1.807) is 11.3 Å². The maximum atomic E-state index is 12.5. The van der Waals surface area contributed by atoms with Gasteiger partial charge in [0, 0.05) is 22.7 Å². The van der Waals surface area contributed by atoms with Crippen LogP contribution in [0.4, 0.5) is 5.69 Å². The minimum Gasteiger partial charge on any atom is -0.325 e. The molecule has 2 heterocycles. The quantitative estimate of drug-likeness (QED) is 0.908. The van der Waals surface area contributed by atoms with E-state index in [0.29, 0.717) is 0 Å². The molecule has 1 aromatic carbocycles. The normalized spacial score (nSPS) is 21.9. The number of rotatable bonds is 3. The number of anilines is 1. The van der Waals surface area contributed by atoms with Gasteiger partial charge in [-0.15, -0.1) is 11.3 Å². The van der Waals surface area contributed by atoms with Gasteiger partial charge in [0.2, 0.25) is 5.91 Å². The number of amides is 1. The summed E-state index contributed by atoms with van der Waals surface area (Å²) in [5, 5.41) is 8.42. The molecule has 1 aliphatic rings. The predicted molar refractivity (Wildman–Crippen MR) is 84.0 cm³/mol. The second kappa shape index (κ2) is 5.38. The van der Waals surface area contributed by atoms with Crippen LogP contribution >= 0.6 is 11.3 Å². The molecule has 2 aromatic rings.